The number of carbonyl (C=O) groups excluding carboxylic acids is 3. The van der Waals surface area contributed by atoms with Crippen molar-refractivity contribution in [3.63, 3.8) is 0 Å². The molecule has 1 rings (SSSR count). The Hall–Kier alpha value is -1.91. The molecule has 0 spiro atoms. The maximum absolute atomic E-state index is 12.1. The third-order valence-electron chi connectivity index (χ3n) is 2.56. The molecule has 0 bridgehead atoms. The molecule has 0 aliphatic carbocycles. The molecule has 0 aliphatic heterocycles. The molecule has 0 saturated heterocycles. The second kappa shape index (κ2) is 5.38. The van der Waals surface area contributed by atoms with E-state index in [1.54, 1.807) is 20.8 Å². The highest BCUT2D eigenvalue weighted by atomic mass is 16.6. The van der Waals surface area contributed by atoms with Crippen molar-refractivity contribution < 1.29 is 19.1 Å². The van der Waals surface area contributed by atoms with Gasteiger partial charge in [-0.05, 0) is 39.7 Å². The lowest BCUT2D eigenvalue weighted by molar-refractivity contribution is 0.00624. The number of aromatic nitrogens is 1. The third kappa shape index (κ3) is 3.30. The molecule has 104 valence electrons. The molecule has 19 heavy (non-hydrogen) atoms. The van der Waals surface area contributed by atoms with Gasteiger partial charge in [-0.3, -0.25) is 9.59 Å². The minimum absolute atomic E-state index is 0.130. The fraction of sp³-hybridized carbons (Fsp3) is 0.500. The summed E-state index contributed by atoms with van der Waals surface area (Å²) < 4.78 is 5.26. The van der Waals surface area contributed by atoms with Gasteiger partial charge in [-0.25, -0.2) is 4.79 Å². The SMILES string of the molecule is CCc1c(C(=O)OC(C)(C)C)[nH]c(C=O)c1C(C)=O. The van der Waals surface area contributed by atoms with Gasteiger partial charge in [-0.1, -0.05) is 6.92 Å². The number of nitrogens with one attached hydrogen (secondary N) is 1. The van der Waals surface area contributed by atoms with Crippen LogP contribution in [0, 0.1) is 0 Å². The highest BCUT2D eigenvalue weighted by Gasteiger charge is 2.26. The monoisotopic (exact) mass is 265 g/mol. The molecule has 5 nitrogen and oxygen atoms in total. The lowest BCUT2D eigenvalue weighted by atomic mass is 10.0. The van der Waals surface area contributed by atoms with Crippen LogP contribution in [0.5, 0.6) is 0 Å². The topological polar surface area (TPSA) is 76.2 Å². The molecule has 1 N–H and O–H groups in total. The van der Waals surface area contributed by atoms with Gasteiger partial charge in [0.25, 0.3) is 0 Å². The summed E-state index contributed by atoms with van der Waals surface area (Å²) in [6.45, 7) is 8.45. The van der Waals surface area contributed by atoms with Crippen molar-refractivity contribution in [1.82, 2.24) is 4.98 Å². The lowest BCUT2D eigenvalue weighted by Gasteiger charge is -2.19. The average molecular weight is 265 g/mol. The van der Waals surface area contributed by atoms with Crippen molar-refractivity contribution in [3.8, 4) is 0 Å². The molecule has 0 fully saturated rings. The Morgan fingerprint density at radius 2 is 1.89 bits per heavy atom. The van der Waals surface area contributed by atoms with Gasteiger partial charge < -0.3 is 9.72 Å². The lowest BCUT2D eigenvalue weighted by Crippen LogP contribution is -2.24. The number of ether oxygens (including phenoxy) is 1. The van der Waals surface area contributed by atoms with E-state index in [-0.39, 0.29) is 22.7 Å². The quantitative estimate of drug-likeness (QED) is 0.515. The first-order valence-electron chi connectivity index (χ1n) is 6.15. The highest BCUT2D eigenvalue weighted by Crippen LogP contribution is 2.22. The number of carbonyl (C=O) groups is 3. The number of aromatic amines is 1. The Balaban J connectivity index is 3.33. The van der Waals surface area contributed by atoms with E-state index in [0.29, 0.717) is 18.3 Å². The summed E-state index contributed by atoms with van der Waals surface area (Å²) in [4.78, 5) is 37.3. The van der Waals surface area contributed by atoms with Crippen LogP contribution in [0.1, 0.15) is 71.5 Å². The molecule has 0 radical (unpaired) electrons. The standard InChI is InChI=1S/C14H19NO4/c1-6-9-11(8(2)17)10(7-16)15-12(9)13(18)19-14(3,4)5/h7,15H,6H2,1-5H3. The minimum Gasteiger partial charge on any atom is -0.455 e. The summed E-state index contributed by atoms with van der Waals surface area (Å²) in [7, 11) is 0. The predicted molar refractivity (Wildman–Crippen MR) is 70.7 cm³/mol. The Bertz CT molecular complexity index is 520. The Kier molecular flexibility index (Phi) is 4.29. The zero-order valence-electron chi connectivity index (χ0n) is 11.9. The predicted octanol–water partition coefficient (Wildman–Crippen LogP) is 2.55. The first-order valence-corrected chi connectivity index (χ1v) is 6.15. The number of hydrogen-bond acceptors (Lipinski definition) is 4. The van der Waals surface area contributed by atoms with Gasteiger partial charge in [0.05, 0.1) is 5.69 Å². The van der Waals surface area contributed by atoms with Gasteiger partial charge in [0.1, 0.15) is 11.3 Å². The fourth-order valence-corrected chi connectivity index (χ4v) is 1.91. The zero-order valence-corrected chi connectivity index (χ0v) is 11.9. The first kappa shape index (κ1) is 15.1. The van der Waals surface area contributed by atoms with Gasteiger partial charge in [0.15, 0.2) is 12.1 Å². The number of Topliss-reactive ketones (excluding diaryl/α,β-unsaturated/α-hetero) is 1. The van der Waals surface area contributed by atoms with Crippen LogP contribution in [0.2, 0.25) is 0 Å². The molecule has 0 amide bonds. The van der Waals surface area contributed by atoms with Crippen molar-refractivity contribution in [3.05, 3.63) is 22.5 Å². The Morgan fingerprint density at radius 3 is 2.26 bits per heavy atom. The van der Waals surface area contributed by atoms with Crippen LogP contribution in [0.3, 0.4) is 0 Å². The molecular formula is C14H19NO4. The molecule has 1 aromatic heterocycles. The normalized spacial score (nSPS) is 11.2. The number of ketones is 1. The molecule has 0 aliphatic rings. The second-order valence-electron chi connectivity index (χ2n) is 5.30. The molecule has 0 aromatic carbocycles. The van der Waals surface area contributed by atoms with Gasteiger partial charge >= 0.3 is 5.97 Å². The van der Waals surface area contributed by atoms with Crippen LogP contribution in [0.4, 0.5) is 0 Å². The maximum Gasteiger partial charge on any atom is 0.355 e. The van der Waals surface area contributed by atoms with Crippen molar-refractivity contribution in [2.45, 2.75) is 46.6 Å². The van der Waals surface area contributed by atoms with E-state index in [2.05, 4.69) is 4.98 Å². The van der Waals surface area contributed by atoms with Crippen LogP contribution in [0.15, 0.2) is 0 Å². The summed E-state index contributed by atoms with van der Waals surface area (Å²) in [5.74, 6) is -0.801. The van der Waals surface area contributed by atoms with E-state index in [9.17, 15) is 14.4 Å². The van der Waals surface area contributed by atoms with Crippen molar-refractivity contribution in [2.75, 3.05) is 0 Å². The highest BCUT2D eigenvalue weighted by molar-refractivity contribution is 6.05. The van der Waals surface area contributed by atoms with E-state index >= 15 is 0 Å². The van der Waals surface area contributed by atoms with E-state index in [1.165, 1.54) is 6.92 Å². The van der Waals surface area contributed by atoms with E-state index in [1.807, 2.05) is 6.92 Å². The molecule has 0 atom stereocenters. The summed E-state index contributed by atoms with van der Waals surface area (Å²) >= 11 is 0. The zero-order chi connectivity index (χ0) is 14.8. The third-order valence-corrected chi connectivity index (χ3v) is 2.56. The van der Waals surface area contributed by atoms with E-state index in [4.69, 9.17) is 4.74 Å². The number of hydrogen-bond donors (Lipinski definition) is 1. The van der Waals surface area contributed by atoms with Gasteiger partial charge in [-0.15, -0.1) is 0 Å². The van der Waals surface area contributed by atoms with E-state index in [0.717, 1.165) is 0 Å². The molecule has 5 heteroatoms. The van der Waals surface area contributed by atoms with Crippen LogP contribution < -0.4 is 0 Å². The number of esters is 1. The summed E-state index contributed by atoms with van der Waals surface area (Å²) in [5.41, 5.74) is 0.488. The Labute approximate surface area is 112 Å². The average Bonchev–Trinajstić information content (AvgIpc) is 2.64. The largest absolute Gasteiger partial charge is 0.455 e. The van der Waals surface area contributed by atoms with Crippen LogP contribution in [0.25, 0.3) is 0 Å². The second-order valence-corrected chi connectivity index (χ2v) is 5.30. The summed E-state index contributed by atoms with van der Waals surface area (Å²) in [6, 6.07) is 0. The first-order chi connectivity index (χ1) is 8.71. The maximum atomic E-state index is 12.1. The molecule has 1 heterocycles. The van der Waals surface area contributed by atoms with Gasteiger partial charge in [0.2, 0.25) is 0 Å². The van der Waals surface area contributed by atoms with Gasteiger partial charge in [-0.2, -0.15) is 0 Å². The number of aldehydes is 1. The molecule has 1 aromatic rings. The fourth-order valence-electron chi connectivity index (χ4n) is 1.91. The van der Waals surface area contributed by atoms with Crippen LogP contribution >= 0.6 is 0 Å². The number of H-pyrrole nitrogens is 1. The van der Waals surface area contributed by atoms with E-state index < -0.39 is 11.6 Å². The van der Waals surface area contributed by atoms with Crippen molar-refractivity contribution in [2.24, 2.45) is 0 Å². The summed E-state index contributed by atoms with van der Waals surface area (Å²) in [6.07, 6.45) is 1.01. The molecule has 0 saturated carbocycles. The minimum atomic E-state index is -0.634. The van der Waals surface area contributed by atoms with Crippen molar-refractivity contribution >= 4 is 18.0 Å². The van der Waals surface area contributed by atoms with Crippen LogP contribution in [-0.4, -0.2) is 28.6 Å². The summed E-state index contributed by atoms with van der Waals surface area (Å²) in [5, 5.41) is 0. The molecular weight excluding hydrogens is 246 g/mol. The Morgan fingerprint density at radius 1 is 1.32 bits per heavy atom. The number of rotatable bonds is 4. The van der Waals surface area contributed by atoms with Gasteiger partial charge in [0, 0.05) is 5.56 Å². The van der Waals surface area contributed by atoms with Crippen molar-refractivity contribution in [1.29, 1.82) is 0 Å². The molecule has 0 unspecified atom stereocenters. The van der Waals surface area contributed by atoms with Crippen LogP contribution in [-0.2, 0) is 11.2 Å². The smallest absolute Gasteiger partial charge is 0.355 e.